The Bertz CT molecular complexity index is 3150. The number of rotatable bonds is 8. The minimum atomic E-state index is 0.573. The molecule has 0 amide bonds. The SMILES string of the molecule is C\C=C/C=C\C=C\c1cccc(-c2nc(-c3cccc(-c4ccccc4)c3)nc(-c3ccc4c(c3)oc3ccc(-n5c6ccccc6c6ccccc65)cc34)n2)c1. The van der Waals surface area contributed by atoms with Gasteiger partial charge in [0, 0.05) is 43.9 Å². The summed E-state index contributed by atoms with van der Waals surface area (Å²) in [6.45, 7) is 2.00. The highest BCUT2D eigenvalue weighted by atomic mass is 16.3. The summed E-state index contributed by atoms with van der Waals surface area (Å²) in [5, 5.41) is 4.55. The van der Waals surface area contributed by atoms with E-state index < -0.39 is 0 Å². The quantitative estimate of drug-likeness (QED) is 0.146. The van der Waals surface area contributed by atoms with Crippen molar-refractivity contribution in [3.05, 3.63) is 200 Å². The van der Waals surface area contributed by atoms with Crippen molar-refractivity contribution in [3.8, 4) is 51.0 Å². The molecule has 0 aliphatic rings. The van der Waals surface area contributed by atoms with Gasteiger partial charge < -0.3 is 8.98 Å². The van der Waals surface area contributed by atoms with Crippen molar-refractivity contribution in [2.24, 2.45) is 0 Å². The second-order valence-electron chi connectivity index (χ2n) is 14.0. The first-order valence-corrected chi connectivity index (χ1v) is 19.1. The Morgan fingerprint density at radius 2 is 1.04 bits per heavy atom. The van der Waals surface area contributed by atoms with Crippen molar-refractivity contribution in [2.45, 2.75) is 6.92 Å². The van der Waals surface area contributed by atoms with E-state index in [1.165, 1.54) is 21.8 Å². The van der Waals surface area contributed by atoms with Crippen molar-refractivity contribution >= 4 is 49.8 Å². The molecule has 10 aromatic rings. The van der Waals surface area contributed by atoms with Gasteiger partial charge in [0.15, 0.2) is 17.5 Å². The molecule has 0 spiro atoms. The van der Waals surface area contributed by atoms with Crippen LogP contribution >= 0.6 is 0 Å². The highest BCUT2D eigenvalue weighted by molar-refractivity contribution is 6.10. The fourth-order valence-electron chi connectivity index (χ4n) is 7.66. The number of allylic oxidation sites excluding steroid dienone is 5. The lowest BCUT2D eigenvalue weighted by atomic mass is 10.0. The first kappa shape index (κ1) is 33.9. The molecule has 0 saturated heterocycles. The molecule has 0 saturated carbocycles. The van der Waals surface area contributed by atoms with Gasteiger partial charge >= 0.3 is 0 Å². The molecule has 0 radical (unpaired) electrons. The summed E-state index contributed by atoms with van der Waals surface area (Å²) < 4.78 is 8.87. The molecule has 0 bridgehead atoms. The van der Waals surface area contributed by atoms with Gasteiger partial charge in [-0.05, 0) is 78.2 Å². The third-order valence-electron chi connectivity index (χ3n) is 10.4. The van der Waals surface area contributed by atoms with Crippen LogP contribution in [0, 0.1) is 0 Å². The molecule has 3 aromatic heterocycles. The zero-order valence-electron chi connectivity index (χ0n) is 31.2. The Kier molecular flexibility index (Phi) is 8.65. The summed E-state index contributed by atoms with van der Waals surface area (Å²) in [5.74, 6) is 1.77. The largest absolute Gasteiger partial charge is 0.456 e. The van der Waals surface area contributed by atoms with Gasteiger partial charge in [0.05, 0.1) is 11.0 Å². The Hall–Kier alpha value is -7.63. The van der Waals surface area contributed by atoms with E-state index in [0.29, 0.717) is 17.5 Å². The number of hydrogen-bond donors (Lipinski definition) is 0. The van der Waals surface area contributed by atoms with Gasteiger partial charge in [0.1, 0.15) is 11.2 Å². The summed E-state index contributed by atoms with van der Waals surface area (Å²) >= 11 is 0. The van der Waals surface area contributed by atoms with E-state index in [1.807, 2.05) is 55.5 Å². The smallest absolute Gasteiger partial charge is 0.164 e. The Labute approximate surface area is 330 Å². The molecule has 10 rings (SSSR count). The monoisotopic (exact) mass is 732 g/mol. The predicted molar refractivity (Wildman–Crippen MR) is 236 cm³/mol. The lowest BCUT2D eigenvalue weighted by Gasteiger charge is -2.10. The molecule has 0 atom stereocenters. The maximum absolute atomic E-state index is 6.54. The predicted octanol–water partition coefficient (Wildman–Crippen LogP) is 13.7. The van der Waals surface area contributed by atoms with Crippen molar-refractivity contribution in [1.82, 2.24) is 19.5 Å². The molecular formula is C52H36N4O. The summed E-state index contributed by atoms with van der Waals surface area (Å²) in [6, 6.07) is 56.9. The maximum atomic E-state index is 6.54. The van der Waals surface area contributed by atoms with E-state index in [9.17, 15) is 0 Å². The molecule has 0 aliphatic carbocycles. The fraction of sp³-hybridized carbons (Fsp3) is 0.0192. The summed E-state index contributed by atoms with van der Waals surface area (Å²) in [6.07, 6.45) is 12.2. The summed E-state index contributed by atoms with van der Waals surface area (Å²) in [4.78, 5) is 15.3. The third-order valence-corrected chi connectivity index (χ3v) is 10.4. The van der Waals surface area contributed by atoms with E-state index in [2.05, 4.69) is 156 Å². The number of furan rings is 1. The summed E-state index contributed by atoms with van der Waals surface area (Å²) in [7, 11) is 0. The lowest BCUT2D eigenvalue weighted by Crippen LogP contribution is -2.00. The molecule has 0 fully saturated rings. The number of nitrogens with zero attached hydrogens (tertiary/aromatic N) is 4. The van der Waals surface area contributed by atoms with Crippen LogP contribution < -0.4 is 0 Å². The van der Waals surface area contributed by atoms with E-state index in [0.717, 1.165) is 61.0 Å². The van der Waals surface area contributed by atoms with Gasteiger partial charge in [-0.3, -0.25) is 0 Å². The molecule has 57 heavy (non-hydrogen) atoms. The molecule has 0 aliphatic heterocycles. The Morgan fingerprint density at radius 1 is 0.421 bits per heavy atom. The van der Waals surface area contributed by atoms with Gasteiger partial charge in [-0.25, -0.2) is 15.0 Å². The van der Waals surface area contributed by atoms with E-state index in [4.69, 9.17) is 19.4 Å². The standard InChI is InChI=1S/C52H36N4O/c1-2-3-4-5-7-16-35-17-14-21-38(31-35)50-53-51(39-22-15-20-37(32-39)36-18-8-6-9-19-36)55-52(54-50)40-27-29-44-45-34-41(28-30-48(45)57-49(44)33-40)56-46-25-12-10-23-42(46)43-24-11-13-26-47(43)56/h2-34H,1H3/b3-2-,5-4-,16-7+. The van der Waals surface area contributed by atoms with Crippen molar-refractivity contribution < 1.29 is 4.42 Å². The van der Waals surface area contributed by atoms with Crippen LogP contribution in [-0.2, 0) is 0 Å². The Balaban J connectivity index is 1.09. The zero-order chi connectivity index (χ0) is 38.1. The fourth-order valence-corrected chi connectivity index (χ4v) is 7.66. The van der Waals surface area contributed by atoms with Crippen LogP contribution in [0.15, 0.2) is 199 Å². The second kappa shape index (κ2) is 14.5. The van der Waals surface area contributed by atoms with Gasteiger partial charge in [-0.2, -0.15) is 0 Å². The molecule has 3 heterocycles. The number of para-hydroxylation sites is 2. The molecular weight excluding hydrogens is 697 g/mol. The highest BCUT2D eigenvalue weighted by Crippen LogP contribution is 2.37. The zero-order valence-corrected chi connectivity index (χ0v) is 31.2. The van der Waals surface area contributed by atoms with Crippen molar-refractivity contribution in [3.63, 3.8) is 0 Å². The lowest BCUT2D eigenvalue weighted by molar-refractivity contribution is 0.669. The number of fused-ring (bicyclic) bond motifs is 6. The van der Waals surface area contributed by atoms with Crippen LogP contribution in [0.5, 0.6) is 0 Å². The molecule has 5 heteroatoms. The van der Waals surface area contributed by atoms with E-state index in [1.54, 1.807) is 0 Å². The van der Waals surface area contributed by atoms with Crippen LogP contribution in [0.4, 0.5) is 0 Å². The van der Waals surface area contributed by atoms with Crippen molar-refractivity contribution in [2.75, 3.05) is 0 Å². The number of benzene rings is 7. The van der Waals surface area contributed by atoms with Gasteiger partial charge in [0.2, 0.25) is 0 Å². The van der Waals surface area contributed by atoms with Crippen LogP contribution in [0.25, 0.3) is 101 Å². The maximum Gasteiger partial charge on any atom is 0.164 e. The van der Waals surface area contributed by atoms with E-state index >= 15 is 0 Å². The highest BCUT2D eigenvalue weighted by Gasteiger charge is 2.17. The molecule has 7 aromatic carbocycles. The average molecular weight is 733 g/mol. The minimum Gasteiger partial charge on any atom is -0.456 e. The first-order valence-electron chi connectivity index (χ1n) is 19.1. The second-order valence-corrected chi connectivity index (χ2v) is 14.0. The van der Waals surface area contributed by atoms with Crippen LogP contribution in [-0.4, -0.2) is 19.5 Å². The topological polar surface area (TPSA) is 56.7 Å². The number of aromatic nitrogens is 4. The van der Waals surface area contributed by atoms with Gasteiger partial charge in [-0.15, -0.1) is 0 Å². The van der Waals surface area contributed by atoms with Crippen LogP contribution in [0.1, 0.15) is 12.5 Å². The van der Waals surface area contributed by atoms with Crippen LogP contribution in [0.2, 0.25) is 0 Å². The number of hydrogen-bond acceptors (Lipinski definition) is 4. The third kappa shape index (κ3) is 6.41. The minimum absolute atomic E-state index is 0.573. The molecule has 270 valence electrons. The Morgan fingerprint density at radius 3 is 1.77 bits per heavy atom. The van der Waals surface area contributed by atoms with Gasteiger partial charge in [-0.1, -0.05) is 146 Å². The van der Waals surface area contributed by atoms with Crippen LogP contribution in [0.3, 0.4) is 0 Å². The van der Waals surface area contributed by atoms with Crippen molar-refractivity contribution in [1.29, 1.82) is 0 Å². The average Bonchev–Trinajstić information content (AvgIpc) is 3.81. The normalized spacial score (nSPS) is 12.1. The van der Waals surface area contributed by atoms with Gasteiger partial charge in [0.25, 0.3) is 0 Å². The first-order chi connectivity index (χ1) is 28.2. The molecule has 5 nitrogen and oxygen atoms in total. The molecule has 0 unspecified atom stereocenters. The summed E-state index contributed by atoms with van der Waals surface area (Å²) in [5.41, 5.74) is 11.0. The molecule has 0 N–H and O–H groups in total. The van der Waals surface area contributed by atoms with E-state index in [-0.39, 0.29) is 0 Å².